The van der Waals surface area contributed by atoms with E-state index in [-0.39, 0.29) is 18.1 Å². The van der Waals surface area contributed by atoms with Crippen LogP contribution in [0.2, 0.25) is 0 Å². The highest BCUT2D eigenvalue weighted by atomic mass is 32.2. The van der Waals surface area contributed by atoms with Crippen LogP contribution in [-0.4, -0.2) is 43.8 Å². The number of esters is 1. The lowest BCUT2D eigenvalue weighted by Gasteiger charge is -2.30. The summed E-state index contributed by atoms with van der Waals surface area (Å²) in [5.41, 5.74) is 1.11. The lowest BCUT2D eigenvalue weighted by Crippen LogP contribution is -2.45. The molecule has 2 unspecified atom stereocenters. The molecule has 2 heterocycles. The summed E-state index contributed by atoms with van der Waals surface area (Å²) in [4.78, 5) is 11.6. The molecule has 108 valence electrons. The zero-order valence-corrected chi connectivity index (χ0v) is 12.1. The van der Waals surface area contributed by atoms with Crippen molar-refractivity contribution in [1.82, 2.24) is 5.32 Å². The van der Waals surface area contributed by atoms with Crippen molar-refractivity contribution in [2.45, 2.75) is 12.1 Å². The highest BCUT2D eigenvalue weighted by molar-refractivity contribution is 7.99. The Hall–Kier alpha value is -1.40. The van der Waals surface area contributed by atoms with Crippen LogP contribution >= 0.6 is 11.8 Å². The van der Waals surface area contributed by atoms with Gasteiger partial charge in [0.25, 0.3) is 0 Å². The molecule has 0 radical (unpaired) electrons. The predicted octanol–water partition coefficient (Wildman–Crippen LogP) is 1.38. The predicted molar refractivity (Wildman–Crippen MR) is 76.4 cm³/mol. The minimum absolute atomic E-state index is 0.119. The van der Waals surface area contributed by atoms with Crippen LogP contribution in [0.4, 0.5) is 0 Å². The third-order valence-corrected chi connectivity index (χ3v) is 4.56. The Morgan fingerprint density at radius 3 is 2.90 bits per heavy atom. The molecule has 6 heteroatoms. The van der Waals surface area contributed by atoms with E-state index in [1.165, 1.54) is 7.11 Å². The number of nitrogens with one attached hydrogen (secondary N) is 1. The van der Waals surface area contributed by atoms with Gasteiger partial charge in [0.1, 0.15) is 19.3 Å². The summed E-state index contributed by atoms with van der Waals surface area (Å²) in [5, 5.41) is 3.34. The maximum Gasteiger partial charge on any atom is 0.323 e. The monoisotopic (exact) mass is 295 g/mol. The molecule has 5 nitrogen and oxygen atoms in total. The zero-order valence-electron chi connectivity index (χ0n) is 11.3. The lowest BCUT2D eigenvalue weighted by molar-refractivity contribution is -0.142. The summed E-state index contributed by atoms with van der Waals surface area (Å²) in [6.45, 7) is 1.17. The topological polar surface area (TPSA) is 56.8 Å². The van der Waals surface area contributed by atoms with Gasteiger partial charge in [0, 0.05) is 17.5 Å². The fourth-order valence-corrected chi connectivity index (χ4v) is 3.52. The van der Waals surface area contributed by atoms with Gasteiger partial charge in [-0.15, -0.1) is 0 Å². The molecular weight excluding hydrogens is 278 g/mol. The second kappa shape index (κ2) is 5.93. The number of ether oxygens (including phenoxy) is 3. The molecular formula is C14H17NO4S. The van der Waals surface area contributed by atoms with Gasteiger partial charge in [-0.05, 0) is 17.7 Å². The molecule has 1 fully saturated rings. The largest absolute Gasteiger partial charge is 0.486 e. The van der Waals surface area contributed by atoms with Gasteiger partial charge >= 0.3 is 5.97 Å². The number of hydrogen-bond donors (Lipinski definition) is 1. The molecule has 1 saturated heterocycles. The van der Waals surface area contributed by atoms with Gasteiger partial charge in [0.15, 0.2) is 11.5 Å². The van der Waals surface area contributed by atoms with Crippen molar-refractivity contribution in [3.05, 3.63) is 23.8 Å². The normalized spacial score (nSPS) is 25.1. The number of benzene rings is 1. The molecule has 0 amide bonds. The third-order valence-electron chi connectivity index (χ3n) is 3.43. The minimum Gasteiger partial charge on any atom is -0.486 e. The van der Waals surface area contributed by atoms with E-state index in [4.69, 9.17) is 14.2 Å². The summed E-state index contributed by atoms with van der Waals surface area (Å²) in [6.07, 6.45) is 0. The first kappa shape index (κ1) is 13.6. The van der Waals surface area contributed by atoms with Crippen molar-refractivity contribution in [3.8, 4) is 11.5 Å². The Morgan fingerprint density at radius 1 is 1.30 bits per heavy atom. The summed E-state index contributed by atoms with van der Waals surface area (Å²) < 4.78 is 15.9. The van der Waals surface area contributed by atoms with Crippen LogP contribution in [0.1, 0.15) is 11.6 Å². The van der Waals surface area contributed by atoms with Crippen LogP contribution in [0.15, 0.2) is 18.2 Å². The molecule has 0 saturated carbocycles. The standard InChI is InChI=1S/C14H17NO4S/c1-17-14(16)11-8-20-7-10(15-11)9-2-3-12-13(6-9)19-5-4-18-12/h2-3,6,10-11,15H,4-5,7-8H2,1H3. The number of thioether (sulfide) groups is 1. The number of hydrogen-bond acceptors (Lipinski definition) is 6. The van der Waals surface area contributed by atoms with E-state index < -0.39 is 0 Å². The number of rotatable bonds is 2. The SMILES string of the molecule is COC(=O)C1CSCC(c2ccc3c(c2)OCCO3)N1. The van der Waals surface area contributed by atoms with Crippen molar-refractivity contribution in [2.24, 2.45) is 0 Å². The molecule has 2 aliphatic rings. The quantitative estimate of drug-likeness (QED) is 0.832. The Bertz CT molecular complexity index is 508. The van der Waals surface area contributed by atoms with Crippen LogP contribution in [0.5, 0.6) is 11.5 Å². The number of carbonyl (C=O) groups is 1. The van der Waals surface area contributed by atoms with E-state index in [0.29, 0.717) is 13.2 Å². The lowest BCUT2D eigenvalue weighted by atomic mass is 10.1. The summed E-state index contributed by atoms with van der Waals surface area (Å²) in [6, 6.07) is 5.81. The summed E-state index contributed by atoms with van der Waals surface area (Å²) in [7, 11) is 1.42. The molecule has 1 aromatic carbocycles. The first-order chi connectivity index (χ1) is 9.78. The van der Waals surface area contributed by atoms with E-state index in [2.05, 4.69) is 5.32 Å². The summed E-state index contributed by atoms with van der Waals surface area (Å²) in [5.74, 6) is 3.02. The minimum atomic E-state index is -0.253. The van der Waals surface area contributed by atoms with Gasteiger partial charge < -0.3 is 14.2 Å². The van der Waals surface area contributed by atoms with E-state index in [0.717, 1.165) is 28.6 Å². The maximum atomic E-state index is 11.6. The van der Waals surface area contributed by atoms with Crippen LogP contribution in [0, 0.1) is 0 Å². The molecule has 2 aliphatic heterocycles. The van der Waals surface area contributed by atoms with Crippen molar-refractivity contribution in [1.29, 1.82) is 0 Å². The van der Waals surface area contributed by atoms with Crippen LogP contribution in [-0.2, 0) is 9.53 Å². The molecule has 0 aromatic heterocycles. The van der Waals surface area contributed by atoms with Gasteiger partial charge in [-0.2, -0.15) is 11.8 Å². The Morgan fingerprint density at radius 2 is 2.10 bits per heavy atom. The van der Waals surface area contributed by atoms with E-state index in [1.807, 2.05) is 18.2 Å². The first-order valence-electron chi connectivity index (χ1n) is 6.59. The number of methoxy groups -OCH3 is 1. The van der Waals surface area contributed by atoms with Crippen molar-refractivity contribution in [3.63, 3.8) is 0 Å². The smallest absolute Gasteiger partial charge is 0.323 e. The number of carbonyl (C=O) groups excluding carboxylic acids is 1. The van der Waals surface area contributed by atoms with E-state index in [9.17, 15) is 4.79 Å². The number of fused-ring (bicyclic) bond motifs is 1. The highest BCUT2D eigenvalue weighted by Crippen LogP contribution is 2.34. The average Bonchev–Trinajstić information content (AvgIpc) is 2.53. The average molecular weight is 295 g/mol. The third kappa shape index (κ3) is 2.71. The van der Waals surface area contributed by atoms with Gasteiger partial charge in [0.2, 0.25) is 0 Å². The van der Waals surface area contributed by atoms with Gasteiger partial charge in [-0.3, -0.25) is 10.1 Å². The zero-order chi connectivity index (χ0) is 13.9. The second-order valence-electron chi connectivity index (χ2n) is 4.74. The second-order valence-corrected chi connectivity index (χ2v) is 5.81. The fraction of sp³-hybridized carbons (Fsp3) is 0.500. The van der Waals surface area contributed by atoms with E-state index in [1.54, 1.807) is 11.8 Å². The first-order valence-corrected chi connectivity index (χ1v) is 7.74. The van der Waals surface area contributed by atoms with Gasteiger partial charge in [0.05, 0.1) is 7.11 Å². The fourth-order valence-electron chi connectivity index (χ4n) is 2.39. The Kier molecular flexibility index (Phi) is 4.03. The van der Waals surface area contributed by atoms with Gasteiger partial charge in [-0.1, -0.05) is 6.07 Å². The Balaban J connectivity index is 1.76. The van der Waals surface area contributed by atoms with Crippen LogP contribution in [0.25, 0.3) is 0 Å². The van der Waals surface area contributed by atoms with Crippen LogP contribution < -0.4 is 14.8 Å². The molecule has 0 bridgehead atoms. The van der Waals surface area contributed by atoms with Crippen LogP contribution in [0.3, 0.4) is 0 Å². The Labute approximate surface area is 122 Å². The van der Waals surface area contributed by atoms with Gasteiger partial charge in [-0.25, -0.2) is 0 Å². The van der Waals surface area contributed by atoms with Crippen molar-refractivity contribution >= 4 is 17.7 Å². The molecule has 0 aliphatic carbocycles. The van der Waals surface area contributed by atoms with E-state index >= 15 is 0 Å². The maximum absolute atomic E-state index is 11.6. The molecule has 2 atom stereocenters. The van der Waals surface area contributed by atoms with Crippen molar-refractivity contribution in [2.75, 3.05) is 31.8 Å². The highest BCUT2D eigenvalue weighted by Gasteiger charge is 2.29. The molecule has 1 N–H and O–H groups in total. The molecule has 0 spiro atoms. The molecule has 3 rings (SSSR count). The van der Waals surface area contributed by atoms with Crippen molar-refractivity contribution < 1.29 is 19.0 Å². The molecule has 20 heavy (non-hydrogen) atoms. The summed E-state index contributed by atoms with van der Waals surface area (Å²) >= 11 is 1.75. The molecule has 1 aromatic rings.